The molecule has 1 saturated heterocycles. The molecular formula is C36H40N4O3S. The summed E-state index contributed by atoms with van der Waals surface area (Å²) >= 11 is 0. The van der Waals surface area contributed by atoms with Crippen molar-refractivity contribution in [1.82, 2.24) is 19.4 Å². The lowest BCUT2D eigenvalue weighted by Crippen LogP contribution is -2.48. The van der Waals surface area contributed by atoms with Gasteiger partial charge in [0.15, 0.2) is 0 Å². The predicted octanol–water partition coefficient (Wildman–Crippen LogP) is 4.99. The Morgan fingerprint density at radius 2 is 1.39 bits per heavy atom. The number of sulfonamides is 1. The number of benzene rings is 4. The molecule has 2 heterocycles. The number of nitrogens with one attached hydrogen (secondary N) is 1. The maximum atomic E-state index is 13.0. The average Bonchev–Trinajstić information content (AvgIpc) is 3.05. The van der Waals surface area contributed by atoms with E-state index in [1.54, 1.807) is 16.4 Å². The van der Waals surface area contributed by atoms with Gasteiger partial charge in [0.1, 0.15) is 0 Å². The van der Waals surface area contributed by atoms with E-state index in [1.165, 1.54) is 16.7 Å². The van der Waals surface area contributed by atoms with Crippen LogP contribution in [0.15, 0.2) is 102 Å². The molecule has 0 atom stereocenters. The largest absolute Gasteiger partial charge is 0.348 e. The first-order valence-electron chi connectivity index (χ1n) is 15.4. The fraction of sp³-hybridized carbons (Fsp3) is 0.306. The van der Waals surface area contributed by atoms with Gasteiger partial charge in [0, 0.05) is 64.5 Å². The second-order valence-electron chi connectivity index (χ2n) is 11.9. The standard InChI is InChI=1S/C36H40N4O3S/c1-28-9-15-35(16-10-28)44(42,43)40-21-19-38(20-22-40)26-31-5-4-8-33(23-31)36(41)37-24-29-11-13-30(14-12-29)25-39-18-17-32-6-2-3-7-34(32)27-39/h2-16,23H,17-22,24-27H2,1H3,(H,37,41). The minimum Gasteiger partial charge on any atom is -0.348 e. The van der Waals surface area contributed by atoms with Gasteiger partial charge in [-0.15, -0.1) is 0 Å². The molecule has 0 spiro atoms. The van der Waals surface area contributed by atoms with Crippen molar-refractivity contribution in [2.75, 3.05) is 32.7 Å². The molecule has 0 unspecified atom stereocenters. The monoisotopic (exact) mass is 608 g/mol. The summed E-state index contributed by atoms with van der Waals surface area (Å²) in [7, 11) is -3.49. The summed E-state index contributed by atoms with van der Waals surface area (Å²) in [6.45, 7) is 8.24. The highest BCUT2D eigenvalue weighted by atomic mass is 32.2. The van der Waals surface area contributed by atoms with Gasteiger partial charge in [-0.05, 0) is 65.4 Å². The van der Waals surface area contributed by atoms with Crippen LogP contribution >= 0.6 is 0 Å². The first-order valence-corrected chi connectivity index (χ1v) is 16.8. The second-order valence-corrected chi connectivity index (χ2v) is 13.9. The zero-order valence-electron chi connectivity index (χ0n) is 25.3. The van der Waals surface area contributed by atoms with E-state index in [0.717, 1.165) is 42.7 Å². The zero-order valence-corrected chi connectivity index (χ0v) is 26.1. The molecule has 8 heteroatoms. The number of nitrogens with zero attached hydrogens (tertiary/aromatic N) is 3. The highest BCUT2D eigenvalue weighted by molar-refractivity contribution is 7.89. The smallest absolute Gasteiger partial charge is 0.251 e. The van der Waals surface area contributed by atoms with Crippen molar-refractivity contribution in [3.05, 3.63) is 136 Å². The van der Waals surface area contributed by atoms with E-state index in [0.29, 0.717) is 49.7 Å². The van der Waals surface area contributed by atoms with Gasteiger partial charge in [0.25, 0.3) is 5.91 Å². The molecule has 0 aromatic heterocycles. The molecule has 7 nitrogen and oxygen atoms in total. The molecule has 228 valence electrons. The Morgan fingerprint density at radius 1 is 0.705 bits per heavy atom. The Morgan fingerprint density at radius 3 is 2.14 bits per heavy atom. The maximum Gasteiger partial charge on any atom is 0.251 e. The molecule has 0 bridgehead atoms. The van der Waals surface area contributed by atoms with Gasteiger partial charge in [0.2, 0.25) is 10.0 Å². The SMILES string of the molecule is Cc1ccc(S(=O)(=O)N2CCN(Cc3cccc(C(=O)NCc4ccc(CN5CCc6ccccc6C5)cc4)c3)CC2)cc1. The predicted molar refractivity (Wildman–Crippen MR) is 174 cm³/mol. The normalized spacial score (nSPS) is 16.4. The summed E-state index contributed by atoms with van der Waals surface area (Å²) in [6, 6.07) is 32.0. The van der Waals surface area contributed by atoms with E-state index in [2.05, 4.69) is 63.6 Å². The van der Waals surface area contributed by atoms with E-state index in [4.69, 9.17) is 0 Å². The number of carbonyl (C=O) groups is 1. The molecular weight excluding hydrogens is 568 g/mol. The second kappa shape index (κ2) is 13.4. The molecule has 1 fully saturated rings. The molecule has 0 saturated carbocycles. The number of carbonyl (C=O) groups excluding carboxylic acids is 1. The van der Waals surface area contributed by atoms with Crippen LogP contribution in [0.4, 0.5) is 0 Å². The van der Waals surface area contributed by atoms with E-state index >= 15 is 0 Å². The van der Waals surface area contributed by atoms with Crippen LogP contribution in [-0.4, -0.2) is 61.2 Å². The van der Waals surface area contributed by atoms with Crippen molar-refractivity contribution >= 4 is 15.9 Å². The summed E-state index contributed by atoms with van der Waals surface area (Å²) in [4.78, 5) is 18.1. The van der Waals surface area contributed by atoms with Crippen molar-refractivity contribution in [3.8, 4) is 0 Å². The summed E-state index contributed by atoms with van der Waals surface area (Å²) < 4.78 is 27.7. The Balaban J connectivity index is 0.971. The molecule has 1 amide bonds. The Bertz CT molecular complexity index is 1700. The van der Waals surface area contributed by atoms with Gasteiger partial charge in [-0.2, -0.15) is 4.31 Å². The van der Waals surface area contributed by atoms with Crippen molar-refractivity contribution in [1.29, 1.82) is 0 Å². The highest BCUT2D eigenvalue weighted by Crippen LogP contribution is 2.21. The van der Waals surface area contributed by atoms with Crippen LogP contribution in [0.5, 0.6) is 0 Å². The Hall–Kier alpha value is -3.82. The number of fused-ring (bicyclic) bond motifs is 1. The lowest BCUT2D eigenvalue weighted by Gasteiger charge is -2.34. The number of amides is 1. The molecule has 44 heavy (non-hydrogen) atoms. The molecule has 4 aromatic rings. The third kappa shape index (κ3) is 7.27. The fourth-order valence-corrected chi connectivity index (χ4v) is 7.47. The van der Waals surface area contributed by atoms with Crippen molar-refractivity contribution in [2.45, 2.75) is 44.4 Å². The summed E-state index contributed by atoms with van der Waals surface area (Å²) in [5, 5.41) is 3.06. The molecule has 0 radical (unpaired) electrons. The first-order chi connectivity index (χ1) is 21.3. The van der Waals surface area contributed by atoms with E-state index in [9.17, 15) is 13.2 Å². The molecule has 6 rings (SSSR count). The summed E-state index contributed by atoms with van der Waals surface area (Å²) in [5.74, 6) is -0.100. The van der Waals surface area contributed by atoms with Crippen LogP contribution in [0.25, 0.3) is 0 Å². The summed E-state index contributed by atoms with van der Waals surface area (Å²) in [5.41, 5.74) is 7.94. The van der Waals surface area contributed by atoms with Crippen molar-refractivity contribution in [3.63, 3.8) is 0 Å². The minimum absolute atomic E-state index is 0.100. The Labute approximate surface area is 261 Å². The van der Waals surface area contributed by atoms with E-state index < -0.39 is 10.0 Å². The first kappa shape index (κ1) is 30.2. The van der Waals surface area contributed by atoms with Crippen LogP contribution in [0.2, 0.25) is 0 Å². The number of aryl methyl sites for hydroxylation is 1. The van der Waals surface area contributed by atoms with Crippen molar-refractivity contribution in [2.24, 2.45) is 0 Å². The van der Waals surface area contributed by atoms with Gasteiger partial charge in [-0.1, -0.05) is 78.4 Å². The topological polar surface area (TPSA) is 73.0 Å². The van der Waals surface area contributed by atoms with Gasteiger partial charge in [-0.25, -0.2) is 8.42 Å². The maximum absolute atomic E-state index is 13.0. The van der Waals surface area contributed by atoms with Crippen molar-refractivity contribution < 1.29 is 13.2 Å². The average molecular weight is 609 g/mol. The molecule has 2 aliphatic heterocycles. The molecule has 2 aliphatic rings. The van der Waals surface area contributed by atoms with Crippen LogP contribution in [-0.2, 0) is 42.6 Å². The third-order valence-electron chi connectivity index (χ3n) is 8.68. The number of hydrogen-bond donors (Lipinski definition) is 1. The molecule has 1 N–H and O–H groups in total. The van der Waals surface area contributed by atoms with Crippen LogP contribution in [0.3, 0.4) is 0 Å². The van der Waals surface area contributed by atoms with Gasteiger partial charge in [-0.3, -0.25) is 14.6 Å². The minimum atomic E-state index is -3.49. The number of piperazine rings is 1. The lowest BCUT2D eigenvalue weighted by atomic mass is 9.99. The third-order valence-corrected chi connectivity index (χ3v) is 10.6. The van der Waals surface area contributed by atoms with Crippen LogP contribution < -0.4 is 5.32 Å². The highest BCUT2D eigenvalue weighted by Gasteiger charge is 2.28. The van der Waals surface area contributed by atoms with Crippen LogP contribution in [0.1, 0.15) is 43.7 Å². The summed E-state index contributed by atoms with van der Waals surface area (Å²) in [6.07, 6.45) is 1.09. The van der Waals surface area contributed by atoms with Gasteiger partial charge >= 0.3 is 0 Å². The Kier molecular flexibility index (Phi) is 9.23. The van der Waals surface area contributed by atoms with E-state index in [-0.39, 0.29) is 5.91 Å². The quantitative estimate of drug-likeness (QED) is 0.290. The zero-order chi connectivity index (χ0) is 30.5. The van der Waals surface area contributed by atoms with Gasteiger partial charge < -0.3 is 5.32 Å². The van der Waals surface area contributed by atoms with Crippen LogP contribution in [0, 0.1) is 6.92 Å². The lowest BCUT2D eigenvalue weighted by molar-refractivity contribution is 0.0950. The molecule has 4 aromatic carbocycles. The number of rotatable bonds is 9. The fourth-order valence-electron chi connectivity index (χ4n) is 6.05. The number of hydrogen-bond acceptors (Lipinski definition) is 5. The molecule has 0 aliphatic carbocycles. The van der Waals surface area contributed by atoms with E-state index in [1.807, 2.05) is 43.3 Å². The van der Waals surface area contributed by atoms with Gasteiger partial charge in [0.05, 0.1) is 4.90 Å².